The molecule has 8 heteroatoms. The Morgan fingerprint density at radius 1 is 0.933 bits per heavy atom. The molecule has 0 radical (unpaired) electrons. The number of nitriles is 1. The Bertz CT molecular complexity index is 1450. The summed E-state index contributed by atoms with van der Waals surface area (Å²) < 4.78 is 31.9. The fraction of sp³-hybridized carbons (Fsp3) is 0.0455. The second kappa shape index (κ2) is 6.67. The number of hydrogen-bond donors (Lipinski definition) is 0. The largest absolute Gasteiger partial charge is 0.333 e. The van der Waals surface area contributed by atoms with Crippen molar-refractivity contribution in [3.8, 4) is 17.3 Å². The van der Waals surface area contributed by atoms with Gasteiger partial charge in [-0.15, -0.1) is 10.2 Å². The fourth-order valence-corrected chi connectivity index (χ4v) is 3.29. The smallest absolute Gasteiger partial charge is 0.256 e. The number of hydrogen-bond acceptors (Lipinski definition) is 5. The maximum Gasteiger partial charge on any atom is 0.333 e. The molecule has 144 valence electrons. The first-order valence-corrected chi connectivity index (χ1v) is 9.03. The lowest BCUT2D eigenvalue weighted by atomic mass is 10.0. The quantitative estimate of drug-likeness (QED) is 0.451. The van der Waals surface area contributed by atoms with E-state index >= 15 is 8.78 Å². The molecular formula is C22H12F2N6. The third-order valence-corrected chi connectivity index (χ3v) is 4.80. The zero-order valence-corrected chi connectivity index (χ0v) is 15.4. The van der Waals surface area contributed by atoms with Crippen LogP contribution >= 0.6 is 0 Å². The number of pyridine rings is 1. The average molecular weight is 398 g/mol. The molecule has 2 aromatic carbocycles. The standard InChI is InChI=1S/C22H12F2N6/c23-22(24,17-6-7-18-16(12-17)5-2-10-26-18)21-28-27-20-9-8-19(29-30(20)21)15-4-1-3-14(11-15)13-25/h1-12H. The highest BCUT2D eigenvalue weighted by Crippen LogP contribution is 2.36. The third-order valence-electron chi connectivity index (χ3n) is 4.80. The maximum absolute atomic E-state index is 15.4. The first-order chi connectivity index (χ1) is 14.6. The van der Waals surface area contributed by atoms with E-state index in [4.69, 9.17) is 5.26 Å². The van der Waals surface area contributed by atoms with Gasteiger partial charge in [0.25, 0.3) is 0 Å². The molecule has 0 aliphatic rings. The van der Waals surface area contributed by atoms with Crippen LogP contribution in [0.15, 0.2) is 72.9 Å². The van der Waals surface area contributed by atoms with Crippen molar-refractivity contribution < 1.29 is 8.78 Å². The second-order valence-electron chi connectivity index (χ2n) is 6.69. The number of aromatic nitrogens is 5. The fourth-order valence-electron chi connectivity index (χ4n) is 3.29. The summed E-state index contributed by atoms with van der Waals surface area (Å²) >= 11 is 0. The van der Waals surface area contributed by atoms with Crippen molar-refractivity contribution in [2.45, 2.75) is 5.92 Å². The zero-order chi connectivity index (χ0) is 20.7. The minimum absolute atomic E-state index is 0.201. The van der Waals surface area contributed by atoms with E-state index in [9.17, 15) is 0 Å². The van der Waals surface area contributed by atoms with Gasteiger partial charge in [-0.25, -0.2) is 0 Å². The molecule has 3 heterocycles. The van der Waals surface area contributed by atoms with Crippen molar-refractivity contribution in [3.63, 3.8) is 0 Å². The number of nitrogens with zero attached hydrogens (tertiary/aromatic N) is 6. The Balaban J connectivity index is 1.64. The van der Waals surface area contributed by atoms with E-state index in [2.05, 4.69) is 26.3 Å². The van der Waals surface area contributed by atoms with Crippen LogP contribution in [0.2, 0.25) is 0 Å². The van der Waals surface area contributed by atoms with E-state index in [0.717, 1.165) is 4.52 Å². The predicted molar refractivity (Wildman–Crippen MR) is 106 cm³/mol. The first-order valence-electron chi connectivity index (χ1n) is 9.03. The molecule has 0 atom stereocenters. The average Bonchev–Trinajstić information content (AvgIpc) is 3.23. The van der Waals surface area contributed by atoms with Crippen molar-refractivity contribution in [2.24, 2.45) is 0 Å². The molecule has 0 amide bonds. The third kappa shape index (κ3) is 2.84. The summed E-state index contributed by atoms with van der Waals surface area (Å²) in [6.07, 6.45) is 1.61. The van der Waals surface area contributed by atoms with Crippen LogP contribution in [0, 0.1) is 11.3 Å². The highest BCUT2D eigenvalue weighted by molar-refractivity contribution is 5.79. The highest BCUT2D eigenvalue weighted by Gasteiger charge is 2.40. The van der Waals surface area contributed by atoms with Crippen LogP contribution in [0.3, 0.4) is 0 Å². The molecule has 0 saturated carbocycles. The van der Waals surface area contributed by atoms with Crippen LogP contribution in [-0.4, -0.2) is 24.8 Å². The minimum atomic E-state index is -3.43. The van der Waals surface area contributed by atoms with Crippen LogP contribution in [0.25, 0.3) is 27.8 Å². The zero-order valence-electron chi connectivity index (χ0n) is 15.4. The maximum atomic E-state index is 15.4. The van der Waals surface area contributed by atoms with E-state index in [1.807, 2.05) is 0 Å². The van der Waals surface area contributed by atoms with Crippen molar-refractivity contribution in [1.82, 2.24) is 24.8 Å². The van der Waals surface area contributed by atoms with Gasteiger partial charge in [-0.3, -0.25) is 4.98 Å². The Labute approximate surface area is 169 Å². The molecule has 0 aliphatic carbocycles. The number of rotatable bonds is 3. The summed E-state index contributed by atoms with van der Waals surface area (Å²) in [5.74, 6) is -4.01. The van der Waals surface area contributed by atoms with Gasteiger partial charge in [0.05, 0.1) is 22.8 Å². The molecule has 0 bridgehead atoms. The molecular weight excluding hydrogens is 386 g/mol. The van der Waals surface area contributed by atoms with Crippen molar-refractivity contribution in [1.29, 1.82) is 5.26 Å². The molecule has 0 N–H and O–H groups in total. The van der Waals surface area contributed by atoms with Crippen LogP contribution in [0.1, 0.15) is 17.0 Å². The van der Waals surface area contributed by atoms with E-state index < -0.39 is 11.7 Å². The molecule has 0 unspecified atom stereocenters. The van der Waals surface area contributed by atoms with Gasteiger partial charge < -0.3 is 0 Å². The van der Waals surface area contributed by atoms with Gasteiger partial charge in [0, 0.05) is 22.7 Å². The van der Waals surface area contributed by atoms with E-state index in [-0.39, 0.29) is 11.2 Å². The number of alkyl halides is 2. The summed E-state index contributed by atoms with van der Waals surface area (Å²) in [4.78, 5) is 4.16. The Hall–Kier alpha value is -4.25. The van der Waals surface area contributed by atoms with Crippen molar-refractivity contribution in [2.75, 3.05) is 0 Å². The van der Waals surface area contributed by atoms with Gasteiger partial charge in [0.1, 0.15) is 0 Å². The Morgan fingerprint density at radius 3 is 2.70 bits per heavy atom. The van der Waals surface area contributed by atoms with Crippen molar-refractivity contribution >= 4 is 16.6 Å². The van der Waals surface area contributed by atoms with E-state index in [1.165, 1.54) is 12.1 Å². The second-order valence-corrected chi connectivity index (χ2v) is 6.69. The van der Waals surface area contributed by atoms with Gasteiger partial charge in [-0.2, -0.15) is 23.7 Å². The van der Waals surface area contributed by atoms with Gasteiger partial charge >= 0.3 is 5.92 Å². The topological polar surface area (TPSA) is 79.8 Å². The van der Waals surface area contributed by atoms with Gasteiger partial charge in [0.15, 0.2) is 5.65 Å². The minimum Gasteiger partial charge on any atom is -0.256 e. The van der Waals surface area contributed by atoms with Gasteiger partial charge in [0.2, 0.25) is 5.82 Å². The molecule has 30 heavy (non-hydrogen) atoms. The molecule has 6 nitrogen and oxygen atoms in total. The summed E-state index contributed by atoms with van der Waals surface area (Å²) in [6, 6.07) is 19.7. The lowest BCUT2D eigenvalue weighted by molar-refractivity contribution is 0.0307. The number of fused-ring (bicyclic) bond motifs is 2. The monoisotopic (exact) mass is 398 g/mol. The normalized spacial score (nSPS) is 11.6. The Morgan fingerprint density at radius 2 is 1.83 bits per heavy atom. The molecule has 5 aromatic rings. The van der Waals surface area contributed by atoms with Gasteiger partial charge in [-0.05, 0) is 42.5 Å². The van der Waals surface area contributed by atoms with Crippen LogP contribution in [0.4, 0.5) is 8.78 Å². The van der Waals surface area contributed by atoms with E-state index in [0.29, 0.717) is 27.7 Å². The molecule has 5 rings (SSSR count). The first kappa shape index (κ1) is 17.8. The molecule has 3 aromatic heterocycles. The van der Waals surface area contributed by atoms with Crippen LogP contribution in [0.5, 0.6) is 0 Å². The molecule has 0 saturated heterocycles. The Kier molecular flexibility index (Phi) is 3.96. The SMILES string of the molecule is N#Cc1cccc(-c2ccc3nnc(C(F)(F)c4ccc5ncccc5c4)n3n2)c1. The summed E-state index contributed by atoms with van der Waals surface area (Å²) in [7, 11) is 0. The lowest BCUT2D eigenvalue weighted by Crippen LogP contribution is -2.20. The van der Waals surface area contributed by atoms with E-state index in [1.54, 1.807) is 60.8 Å². The highest BCUT2D eigenvalue weighted by atomic mass is 19.3. The number of halogens is 2. The molecule has 0 aliphatic heterocycles. The van der Waals surface area contributed by atoms with Crippen LogP contribution in [-0.2, 0) is 5.92 Å². The van der Waals surface area contributed by atoms with Gasteiger partial charge in [-0.1, -0.05) is 24.3 Å². The summed E-state index contributed by atoms with van der Waals surface area (Å²) in [5.41, 5.74) is 2.12. The summed E-state index contributed by atoms with van der Waals surface area (Å²) in [6.45, 7) is 0. The van der Waals surface area contributed by atoms with Crippen LogP contribution < -0.4 is 0 Å². The molecule has 0 fully saturated rings. The summed E-state index contributed by atoms with van der Waals surface area (Å²) in [5, 5.41) is 21.6. The lowest BCUT2D eigenvalue weighted by Gasteiger charge is -2.15. The predicted octanol–water partition coefficient (Wildman–Crippen LogP) is 4.35. The van der Waals surface area contributed by atoms with Crippen molar-refractivity contribution in [3.05, 3.63) is 89.9 Å². The molecule has 0 spiro atoms. The number of benzene rings is 2.